The van der Waals surface area contributed by atoms with Crippen molar-refractivity contribution in [3.63, 3.8) is 0 Å². The van der Waals surface area contributed by atoms with Crippen LogP contribution in [0, 0.1) is 18.3 Å². The van der Waals surface area contributed by atoms with Gasteiger partial charge in [0.1, 0.15) is 6.07 Å². The minimum atomic E-state index is 0.509. The molecule has 4 aromatic rings. The first-order valence-electron chi connectivity index (χ1n) is 11.4. The molecule has 2 heterocycles. The molecular formula is C28H30N6. The number of rotatable bonds is 9. The van der Waals surface area contributed by atoms with Crippen molar-refractivity contribution >= 4 is 34.4 Å². The molecule has 0 spiro atoms. The molecule has 0 unspecified atom stereocenters. The van der Waals surface area contributed by atoms with E-state index in [2.05, 4.69) is 89.0 Å². The maximum Gasteiger partial charge on any atom is 0.103 e. The number of hydrogen-bond donors (Lipinski definition) is 3. The summed E-state index contributed by atoms with van der Waals surface area (Å²) in [5.41, 5.74) is 7.65. The minimum Gasteiger partial charge on any atom is -0.361 e. The number of nitrogens with zero attached hydrogens (tertiary/aromatic N) is 3. The van der Waals surface area contributed by atoms with Crippen LogP contribution in [0.1, 0.15) is 27.8 Å². The molecule has 0 amide bonds. The Balaban J connectivity index is 1.56. The van der Waals surface area contributed by atoms with Gasteiger partial charge in [-0.05, 0) is 55.9 Å². The van der Waals surface area contributed by atoms with Crippen molar-refractivity contribution in [2.45, 2.75) is 13.5 Å². The smallest absolute Gasteiger partial charge is 0.103 e. The number of aromatic nitrogens is 2. The Morgan fingerprint density at radius 1 is 1.12 bits per heavy atom. The second-order valence-corrected chi connectivity index (χ2v) is 8.62. The van der Waals surface area contributed by atoms with E-state index in [-0.39, 0.29) is 0 Å². The first-order valence-corrected chi connectivity index (χ1v) is 11.4. The van der Waals surface area contributed by atoms with E-state index in [0.29, 0.717) is 5.56 Å². The van der Waals surface area contributed by atoms with Crippen LogP contribution in [0.4, 0.5) is 11.4 Å². The van der Waals surface area contributed by atoms with Crippen molar-refractivity contribution in [3.05, 3.63) is 88.9 Å². The number of fused-ring (bicyclic) bond motifs is 1. The van der Waals surface area contributed by atoms with Crippen LogP contribution in [0.5, 0.6) is 0 Å². The van der Waals surface area contributed by atoms with Crippen LogP contribution in [-0.4, -0.2) is 42.1 Å². The van der Waals surface area contributed by atoms with E-state index in [9.17, 15) is 5.26 Å². The Labute approximate surface area is 201 Å². The Bertz CT molecular complexity index is 1340. The maximum atomic E-state index is 9.72. The summed E-state index contributed by atoms with van der Waals surface area (Å²) in [5, 5.41) is 17.8. The Hall–Kier alpha value is -3.92. The van der Waals surface area contributed by atoms with Crippen LogP contribution in [0.2, 0.25) is 0 Å². The van der Waals surface area contributed by atoms with Gasteiger partial charge in [-0.3, -0.25) is 4.98 Å². The fourth-order valence-corrected chi connectivity index (χ4v) is 3.91. The standard InChI is InChI=1S/C28H30N6/c1-20-25-11-12-32-27(25)10-9-26(20)33-28-23(18-31-19-24(28)16-29)8-7-21-5-4-6-22(15-21)17-30-13-14-34(2)3/h4-12,15,18-19,30,32H,13-14,17H2,1-3H3,(H,31,33). The normalized spacial score (nSPS) is 11.4. The van der Waals surface area contributed by atoms with Crippen molar-refractivity contribution in [2.75, 3.05) is 32.5 Å². The zero-order valence-electron chi connectivity index (χ0n) is 19.9. The lowest BCUT2D eigenvalue weighted by atomic mass is 10.1. The van der Waals surface area contributed by atoms with E-state index in [1.807, 2.05) is 24.4 Å². The Morgan fingerprint density at radius 2 is 2.00 bits per heavy atom. The van der Waals surface area contributed by atoms with Crippen molar-refractivity contribution in [3.8, 4) is 6.07 Å². The number of aromatic amines is 1. The molecule has 34 heavy (non-hydrogen) atoms. The summed E-state index contributed by atoms with van der Waals surface area (Å²) in [6, 6.07) is 16.9. The quantitative estimate of drug-likeness (QED) is 0.301. The van der Waals surface area contributed by atoms with Crippen molar-refractivity contribution < 1.29 is 0 Å². The van der Waals surface area contributed by atoms with Gasteiger partial charge < -0.3 is 20.5 Å². The van der Waals surface area contributed by atoms with E-state index < -0.39 is 0 Å². The summed E-state index contributed by atoms with van der Waals surface area (Å²) in [6.45, 7) is 4.87. The van der Waals surface area contributed by atoms with E-state index in [0.717, 1.165) is 58.6 Å². The van der Waals surface area contributed by atoms with Crippen molar-refractivity contribution in [2.24, 2.45) is 0 Å². The Kier molecular flexibility index (Phi) is 7.38. The fraction of sp³-hybridized carbons (Fsp3) is 0.214. The molecule has 0 atom stereocenters. The summed E-state index contributed by atoms with van der Waals surface area (Å²) in [4.78, 5) is 9.69. The lowest BCUT2D eigenvalue weighted by molar-refractivity contribution is 0.400. The monoisotopic (exact) mass is 450 g/mol. The van der Waals surface area contributed by atoms with Gasteiger partial charge in [-0.15, -0.1) is 0 Å². The van der Waals surface area contributed by atoms with Gasteiger partial charge in [-0.25, -0.2) is 0 Å². The van der Waals surface area contributed by atoms with Gasteiger partial charge in [-0.1, -0.05) is 36.4 Å². The molecule has 0 fully saturated rings. The number of anilines is 2. The third-order valence-corrected chi connectivity index (χ3v) is 5.83. The molecule has 0 aliphatic heterocycles. The molecule has 0 bridgehead atoms. The number of pyridine rings is 1. The highest BCUT2D eigenvalue weighted by atomic mass is 15.1. The second kappa shape index (κ2) is 10.8. The number of benzene rings is 2. The molecule has 0 saturated carbocycles. The molecule has 0 radical (unpaired) electrons. The van der Waals surface area contributed by atoms with Crippen LogP contribution < -0.4 is 10.6 Å². The van der Waals surface area contributed by atoms with Gasteiger partial charge in [0.15, 0.2) is 0 Å². The molecule has 0 aliphatic carbocycles. The van der Waals surface area contributed by atoms with Crippen LogP contribution in [-0.2, 0) is 6.54 Å². The van der Waals surface area contributed by atoms with Crippen LogP contribution >= 0.6 is 0 Å². The molecule has 0 aliphatic rings. The SMILES string of the molecule is Cc1c(Nc2c(C#N)cncc2C=Cc2cccc(CNCCN(C)C)c2)ccc2[nH]ccc12. The molecule has 3 N–H and O–H groups in total. The lowest BCUT2D eigenvalue weighted by Gasteiger charge is -2.14. The average molecular weight is 451 g/mol. The van der Waals surface area contributed by atoms with Crippen molar-refractivity contribution in [1.82, 2.24) is 20.2 Å². The van der Waals surface area contributed by atoms with Gasteiger partial charge in [-0.2, -0.15) is 5.26 Å². The third-order valence-electron chi connectivity index (χ3n) is 5.83. The molecule has 2 aromatic carbocycles. The summed E-state index contributed by atoms with van der Waals surface area (Å²) in [6.07, 6.45) is 9.41. The molecule has 2 aromatic heterocycles. The number of H-pyrrole nitrogens is 1. The minimum absolute atomic E-state index is 0.509. The average Bonchev–Trinajstić information content (AvgIpc) is 3.33. The van der Waals surface area contributed by atoms with E-state index in [1.54, 1.807) is 12.4 Å². The van der Waals surface area contributed by atoms with Crippen LogP contribution in [0.25, 0.3) is 23.1 Å². The molecule has 172 valence electrons. The van der Waals surface area contributed by atoms with Crippen LogP contribution in [0.15, 0.2) is 61.1 Å². The fourth-order valence-electron chi connectivity index (χ4n) is 3.91. The van der Waals surface area contributed by atoms with Gasteiger partial charge >= 0.3 is 0 Å². The predicted octanol–water partition coefficient (Wildman–Crippen LogP) is 5.31. The van der Waals surface area contributed by atoms with Gasteiger partial charge in [0.05, 0.1) is 11.3 Å². The van der Waals surface area contributed by atoms with Crippen molar-refractivity contribution in [1.29, 1.82) is 5.26 Å². The number of nitrogens with one attached hydrogen (secondary N) is 3. The van der Waals surface area contributed by atoms with Gasteiger partial charge in [0, 0.05) is 60.4 Å². The summed E-state index contributed by atoms with van der Waals surface area (Å²) >= 11 is 0. The topological polar surface area (TPSA) is 79.8 Å². The summed E-state index contributed by atoms with van der Waals surface area (Å²) < 4.78 is 0. The van der Waals surface area contributed by atoms with Crippen LogP contribution in [0.3, 0.4) is 0 Å². The number of nitriles is 1. The Morgan fingerprint density at radius 3 is 2.82 bits per heavy atom. The zero-order valence-corrected chi connectivity index (χ0v) is 19.9. The molecule has 4 rings (SSSR count). The number of likely N-dealkylation sites (N-methyl/N-ethyl adjacent to an activating group) is 1. The van der Waals surface area contributed by atoms with E-state index in [4.69, 9.17) is 0 Å². The zero-order chi connectivity index (χ0) is 23.9. The molecular weight excluding hydrogens is 420 g/mol. The van der Waals surface area contributed by atoms with Gasteiger partial charge in [0.25, 0.3) is 0 Å². The first-order chi connectivity index (χ1) is 16.5. The number of hydrogen-bond acceptors (Lipinski definition) is 5. The highest BCUT2D eigenvalue weighted by Gasteiger charge is 2.11. The second-order valence-electron chi connectivity index (χ2n) is 8.62. The van der Waals surface area contributed by atoms with Gasteiger partial charge in [0.2, 0.25) is 0 Å². The highest BCUT2D eigenvalue weighted by Crippen LogP contribution is 2.31. The summed E-state index contributed by atoms with van der Waals surface area (Å²) in [7, 11) is 4.15. The lowest BCUT2D eigenvalue weighted by Crippen LogP contribution is -2.26. The number of aryl methyl sites for hydroxylation is 1. The molecule has 0 saturated heterocycles. The van der Waals surface area contributed by atoms with E-state index >= 15 is 0 Å². The first kappa shape index (κ1) is 23.2. The maximum absolute atomic E-state index is 9.72. The highest BCUT2D eigenvalue weighted by molar-refractivity contribution is 5.90. The third kappa shape index (κ3) is 5.52. The molecule has 6 heteroatoms. The summed E-state index contributed by atoms with van der Waals surface area (Å²) in [5.74, 6) is 0. The molecule has 6 nitrogen and oxygen atoms in total. The largest absolute Gasteiger partial charge is 0.361 e. The predicted molar refractivity (Wildman–Crippen MR) is 141 cm³/mol. The van der Waals surface area contributed by atoms with E-state index in [1.165, 1.54) is 5.56 Å².